The van der Waals surface area contributed by atoms with Gasteiger partial charge >= 0.3 is 0 Å². The Kier molecular flexibility index (Phi) is 3.06. The van der Waals surface area contributed by atoms with Crippen molar-refractivity contribution in [2.75, 3.05) is 13.2 Å². The van der Waals surface area contributed by atoms with Gasteiger partial charge in [-0.2, -0.15) is 0 Å². The van der Waals surface area contributed by atoms with Crippen molar-refractivity contribution in [1.82, 2.24) is 5.32 Å². The third-order valence-electron chi connectivity index (χ3n) is 4.21. The molecule has 2 aliphatic heterocycles. The van der Waals surface area contributed by atoms with Crippen LogP contribution in [0.3, 0.4) is 0 Å². The van der Waals surface area contributed by atoms with Crippen LogP contribution in [-0.2, 0) is 14.3 Å². The maximum absolute atomic E-state index is 11.8. The van der Waals surface area contributed by atoms with Gasteiger partial charge in [-0.15, -0.1) is 0 Å². The summed E-state index contributed by atoms with van der Waals surface area (Å²) in [6, 6.07) is 0.0762. The summed E-state index contributed by atoms with van der Waals surface area (Å²) in [7, 11) is 0. The Balaban J connectivity index is 1.48. The normalized spacial score (nSPS) is 44.2. The summed E-state index contributed by atoms with van der Waals surface area (Å²) < 4.78 is 11.0. The van der Waals surface area contributed by atoms with Gasteiger partial charge in [0.05, 0.1) is 24.7 Å². The number of hydrogen-bond acceptors (Lipinski definition) is 4. The molecule has 17 heavy (non-hydrogen) atoms. The minimum absolute atomic E-state index is 0.0106. The lowest BCUT2D eigenvalue weighted by Crippen LogP contribution is -2.69. The zero-order valence-corrected chi connectivity index (χ0v) is 9.93. The van der Waals surface area contributed by atoms with Crippen molar-refractivity contribution in [3.63, 3.8) is 0 Å². The monoisotopic (exact) mass is 240 g/mol. The van der Waals surface area contributed by atoms with E-state index in [1.54, 1.807) is 0 Å². The Morgan fingerprint density at radius 1 is 1.29 bits per heavy atom. The molecule has 0 aromatic heterocycles. The van der Waals surface area contributed by atoms with Crippen LogP contribution in [0, 0.1) is 5.92 Å². The van der Waals surface area contributed by atoms with Crippen LogP contribution >= 0.6 is 0 Å². The third kappa shape index (κ3) is 2.07. The van der Waals surface area contributed by atoms with Gasteiger partial charge in [0, 0.05) is 25.2 Å². The van der Waals surface area contributed by atoms with Crippen molar-refractivity contribution in [3.05, 3.63) is 0 Å². The lowest BCUT2D eigenvalue weighted by atomic mass is 9.72. The number of carbonyl (C=O) groups is 1. The Morgan fingerprint density at radius 3 is 2.94 bits per heavy atom. The van der Waals surface area contributed by atoms with E-state index in [0.29, 0.717) is 12.3 Å². The third-order valence-corrected chi connectivity index (χ3v) is 4.21. The van der Waals surface area contributed by atoms with Crippen molar-refractivity contribution in [3.8, 4) is 0 Å². The Hall–Kier alpha value is -0.650. The van der Waals surface area contributed by atoms with Crippen molar-refractivity contribution < 1.29 is 14.3 Å². The Bertz CT molecular complexity index is 304. The molecule has 5 atom stereocenters. The van der Waals surface area contributed by atoms with E-state index in [1.165, 1.54) is 0 Å². The molecular formula is C12H20N2O3. The van der Waals surface area contributed by atoms with Crippen LogP contribution in [0.5, 0.6) is 0 Å². The quantitative estimate of drug-likeness (QED) is 0.715. The summed E-state index contributed by atoms with van der Waals surface area (Å²) in [6.45, 7) is 1.57. The van der Waals surface area contributed by atoms with Gasteiger partial charge in [0.2, 0.25) is 5.91 Å². The number of nitrogens with two attached hydrogens (primary N) is 1. The fourth-order valence-corrected chi connectivity index (χ4v) is 3.18. The highest BCUT2D eigenvalue weighted by atomic mass is 16.5. The summed E-state index contributed by atoms with van der Waals surface area (Å²) in [5.74, 6) is 0.495. The van der Waals surface area contributed by atoms with Gasteiger partial charge in [-0.1, -0.05) is 0 Å². The molecule has 1 aliphatic carbocycles. The summed E-state index contributed by atoms with van der Waals surface area (Å²) in [4.78, 5) is 11.8. The molecule has 2 heterocycles. The molecule has 1 saturated carbocycles. The van der Waals surface area contributed by atoms with Gasteiger partial charge < -0.3 is 20.5 Å². The average molecular weight is 240 g/mol. The molecule has 0 radical (unpaired) electrons. The van der Waals surface area contributed by atoms with Crippen LogP contribution in [0.4, 0.5) is 0 Å². The first-order valence-electron chi connectivity index (χ1n) is 6.54. The molecule has 5 nitrogen and oxygen atoms in total. The molecule has 3 fully saturated rings. The Morgan fingerprint density at radius 2 is 2.18 bits per heavy atom. The molecule has 96 valence electrons. The first-order valence-corrected chi connectivity index (χ1v) is 6.54. The number of hydrogen-bond donors (Lipinski definition) is 2. The van der Waals surface area contributed by atoms with Gasteiger partial charge in [-0.05, 0) is 19.3 Å². The molecule has 5 unspecified atom stereocenters. The van der Waals surface area contributed by atoms with Crippen LogP contribution in [-0.4, -0.2) is 43.4 Å². The minimum Gasteiger partial charge on any atom is -0.378 e. The van der Waals surface area contributed by atoms with Gasteiger partial charge in [-0.3, -0.25) is 4.79 Å². The van der Waals surface area contributed by atoms with Crippen LogP contribution < -0.4 is 11.1 Å². The number of carbonyl (C=O) groups excluding carboxylic acids is 1. The van der Waals surface area contributed by atoms with E-state index < -0.39 is 0 Å². The number of fused-ring (bicyclic) bond motifs is 1. The first kappa shape index (κ1) is 11.4. The molecular weight excluding hydrogens is 220 g/mol. The maximum atomic E-state index is 11.8. The van der Waals surface area contributed by atoms with Crippen molar-refractivity contribution in [2.45, 2.75) is 50.0 Å². The second kappa shape index (κ2) is 4.55. The lowest BCUT2D eigenvalue weighted by Gasteiger charge is -2.45. The lowest BCUT2D eigenvalue weighted by molar-refractivity contribution is -0.127. The van der Waals surface area contributed by atoms with Crippen molar-refractivity contribution in [1.29, 1.82) is 0 Å². The van der Waals surface area contributed by atoms with Gasteiger partial charge in [0.25, 0.3) is 0 Å². The molecule has 3 aliphatic rings. The summed E-state index contributed by atoms with van der Waals surface area (Å²) in [6.07, 6.45) is 3.80. The Labute approximate surface area is 101 Å². The van der Waals surface area contributed by atoms with Gasteiger partial charge in [0.15, 0.2) is 0 Å². The molecule has 0 aromatic carbocycles. The second-order valence-electron chi connectivity index (χ2n) is 5.30. The highest BCUT2D eigenvalue weighted by Crippen LogP contribution is 2.37. The summed E-state index contributed by atoms with van der Waals surface area (Å²) >= 11 is 0. The first-order chi connectivity index (χ1) is 8.25. The number of ether oxygens (including phenoxy) is 2. The molecule has 0 spiro atoms. The molecule has 5 heteroatoms. The largest absolute Gasteiger partial charge is 0.378 e. The topological polar surface area (TPSA) is 73.6 Å². The zero-order valence-electron chi connectivity index (χ0n) is 9.93. The van der Waals surface area contributed by atoms with E-state index in [4.69, 9.17) is 15.2 Å². The summed E-state index contributed by atoms with van der Waals surface area (Å²) in [5, 5.41) is 3.00. The van der Waals surface area contributed by atoms with Crippen LogP contribution in [0.1, 0.15) is 25.7 Å². The zero-order chi connectivity index (χ0) is 11.8. The van der Waals surface area contributed by atoms with E-state index in [1.807, 2.05) is 0 Å². The molecule has 3 N–H and O–H groups in total. The molecule has 0 bridgehead atoms. The van der Waals surface area contributed by atoms with Crippen molar-refractivity contribution in [2.24, 2.45) is 11.7 Å². The van der Waals surface area contributed by atoms with E-state index in [-0.39, 0.29) is 30.2 Å². The summed E-state index contributed by atoms with van der Waals surface area (Å²) in [5.41, 5.74) is 6.04. The number of rotatable bonds is 3. The van der Waals surface area contributed by atoms with E-state index >= 15 is 0 Å². The van der Waals surface area contributed by atoms with E-state index in [9.17, 15) is 4.79 Å². The smallest absolute Gasteiger partial charge is 0.222 e. The standard InChI is InChI=1S/C12H20N2O3/c13-10-8-3-5-17-12(8)11(10)14-9(15)6-7-2-1-4-16-7/h7-8,10-12H,1-6,13H2,(H,14,15). The average Bonchev–Trinajstić information content (AvgIpc) is 2.94. The molecule has 2 saturated heterocycles. The fourth-order valence-electron chi connectivity index (χ4n) is 3.18. The number of amides is 1. The van der Waals surface area contributed by atoms with E-state index in [2.05, 4.69) is 5.32 Å². The molecule has 0 aromatic rings. The number of nitrogens with one attached hydrogen (secondary N) is 1. The van der Waals surface area contributed by atoms with Crippen LogP contribution in [0.2, 0.25) is 0 Å². The highest BCUT2D eigenvalue weighted by Gasteiger charge is 2.52. The SMILES string of the molecule is NC1C2CCOC2C1NC(=O)CC1CCCO1. The predicted molar refractivity (Wildman–Crippen MR) is 61.3 cm³/mol. The van der Waals surface area contributed by atoms with Gasteiger partial charge in [-0.25, -0.2) is 0 Å². The molecule has 1 amide bonds. The van der Waals surface area contributed by atoms with Gasteiger partial charge in [0.1, 0.15) is 0 Å². The van der Waals surface area contributed by atoms with E-state index in [0.717, 1.165) is 32.5 Å². The predicted octanol–water partition coefficient (Wildman–Crippen LogP) is -0.214. The highest BCUT2D eigenvalue weighted by molar-refractivity contribution is 5.77. The minimum atomic E-state index is 0.0106. The fraction of sp³-hybridized carbons (Fsp3) is 0.917. The molecule has 3 rings (SSSR count). The van der Waals surface area contributed by atoms with Crippen LogP contribution in [0.15, 0.2) is 0 Å². The van der Waals surface area contributed by atoms with Crippen LogP contribution in [0.25, 0.3) is 0 Å². The maximum Gasteiger partial charge on any atom is 0.222 e. The second-order valence-corrected chi connectivity index (χ2v) is 5.30. The van der Waals surface area contributed by atoms with Crippen molar-refractivity contribution >= 4 is 5.91 Å².